The highest BCUT2D eigenvalue weighted by molar-refractivity contribution is 6.00. The second-order valence-electron chi connectivity index (χ2n) is 6.33. The van der Waals surface area contributed by atoms with Crippen LogP contribution in [0.5, 0.6) is 5.75 Å². The molecular weight excluding hydrogens is 258 g/mol. The van der Waals surface area contributed by atoms with Gasteiger partial charge in [-0.2, -0.15) is 0 Å². The molecule has 2 aromatic carbocycles. The fraction of sp³-hybridized carbons (Fsp3) is 0.368. The lowest BCUT2D eigenvalue weighted by Gasteiger charge is -2.17. The SMILES string of the molecule is CC(C)=CCc1c(C)ccc2cc(C(C)C)c(O)c(N)c12. The average molecular weight is 283 g/mol. The van der Waals surface area contributed by atoms with E-state index in [1.165, 1.54) is 16.7 Å². The van der Waals surface area contributed by atoms with Gasteiger partial charge in [0.05, 0.1) is 5.69 Å². The number of hydrogen-bond donors (Lipinski definition) is 2. The van der Waals surface area contributed by atoms with Crippen LogP contribution in [0.15, 0.2) is 29.8 Å². The second-order valence-corrected chi connectivity index (χ2v) is 6.33. The number of aromatic hydroxyl groups is 1. The minimum absolute atomic E-state index is 0.238. The van der Waals surface area contributed by atoms with E-state index < -0.39 is 0 Å². The maximum Gasteiger partial charge on any atom is 0.142 e. The fourth-order valence-electron chi connectivity index (χ4n) is 2.73. The third kappa shape index (κ3) is 2.90. The molecule has 0 aromatic heterocycles. The zero-order valence-corrected chi connectivity index (χ0v) is 13.6. The van der Waals surface area contributed by atoms with Crippen molar-refractivity contribution in [2.75, 3.05) is 5.73 Å². The van der Waals surface area contributed by atoms with E-state index in [1.54, 1.807) is 0 Å². The Morgan fingerprint density at radius 3 is 2.52 bits per heavy atom. The number of nitrogen functional groups attached to an aromatic ring is 1. The van der Waals surface area contributed by atoms with Crippen LogP contribution in [0.2, 0.25) is 0 Å². The maximum atomic E-state index is 10.4. The van der Waals surface area contributed by atoms with Gasteiger partial charge in [-0.05, 0) is 61.3 Å². The zero-order valence-electron chi connectivity index (χ0n) is 13.6. The van der Waals surface area contributed by atoms with Crippen LogP contribution in [0, 0.1) is 6.92 Å². The van der Waals surface area contributed by atoms with Gasteiger partial charge in [-0.15, -0.1) is 0 Å². The molecule has 2 nitrogen and oxygen atoms in total. The van der Waals surface area contributed by atoms with Gasteiger partial charge in [-0.3, -0.25) is 0 Å². The summed E-state index contributed by atoms with van der Waals surface area (Å²) in [6.45, 7) is 10.4. The van der Waals surface area contributed by atoms with E-state index in [4.69, 9.17) is 5.73 Å². The van der Waals surface area contributed by atoms with E-state index in [-0.39, 0.29) is 11.7 Å². The largest absolute Gasteiger partial charge is 0.505 e. The normalized spacial score (nSPS) is 11.1. The molecule has 2 aromatic rings. The van der Waals surface area contributed by atoms with Crippen LogP contribution in [-0.4, -0.2) is 5.11 Å². The number of phenolic OH excluding ortho intramolecular Hbond substituents is 1. The Kier molecular flexibility index (Phi) is 4.26. The van der Waals surface area contributed by atoms with E-state index in [2.05, 4.69) is 58.9 Å². The molecule has 0 unspecified atom stereocenters. The Hall–Kier alpha value is -1.96. The number of phenols is 1. The summed E-state index contributed by atoms with van der Waals surface area (Å²) >= 11 is 0. The van der Waals surface area contributed by atoms with Gasteiger partial charge in [-0.25, -0.2) is 0 Å². The summed E-state index contributed by atoms with van der Waals surface area (Å²) in [7, 11) is 0. The molecule has 0 aliphatic heterocycles. The molecule has 3 N–H and O–H groups in total. The first-order valence-corrected chi connectivity index (χ1v) is 7.49. The van der Waals surface area contributed by atoms with Crippen molar-refractivity contribution in [1.29, 1.82) is 0 Å². The van der Waals surface area contributed by atoms with Gasteiger partial charge in [-0.1, -0.05) is 37.6 Å². The van der Waals surface area contributed by atoms with Crippen molar-refractivity contribution in [3.05, 3.63) is 46.5 Å². The Morgan fingerprint density at radius 2 is 1.95 bits per heavy atom. The number of allylic oxidation sites excluding steroid dienone is 2. The Bertz CT molecular complexity index is 707. The summed E-state index contributed by atoms with van der Waals surface area (Å²) < 4.78 is 0. The summed E-state index contributed by atoms with van der Waals surface area (Å²) in [4.78, 5) is 0. The summed E-state index contributed by atoms with van der Waals surface area (Å²) in [5.74, 6) is 0.487. The lowest BCUT2D eigenvalue weighted by molar-refractivity contribution is 0.468. The van der Waals surface area contributed by atoms with Crippen molar-refractivity contribution in [2.45, 2.75) is 47.0 Å². The molecule has 0 saturated heterocycles. The summed E-state index contributed by atoms with van der Waals surface area (Å²) in [6.07, 6.45) is 3.05. The maximum absolute atomic E-state index is 10.4. The molecule has 0 aliphatic rings. The lowest BCUT2D eigenvalue weighted by Crippen LogP contribution is -1.99. The quantitative estimate of drug-likeness (QED) is 0.469. The second kappa shape index (κ2) is 5.80. The molecule has 21 heavy (non-hydrogen) atoms. The number of aryl methyl sites for hydroxylation is 1. The van der Waals surface area contributed by atoms with Crippen LogP contribution < -0.4 is 5.73 Å². The van der Waals surface area contributed by atoms with Crippen molar-refractivity contribution in [3.8, 4) is 5.75 Å². The minimum atomic E-state index is 0.238. The lowest BCUT2D eigenvalue weighted by atomic mass is 9.91. The van der Waals surface area contributed by atoms with Crippen LogP contribution in [0.1, 0.15) is 50.3 Å². The molecule has 0 saturated carbocycles. The van der Waals surface area contributed by atoms with Crippen molar-refractivity contribution < 1.29 is 5.11 Å². The van der Waals surface area contributed by atoms with Crippen molar-refractivity contribution in [2.24, 2.45) is 0 Å². The third-order valence-corrected chi connectivity index (χ3v) is 4.02. The van der Waals surface area contributed by atoms with Crippen molar-refractivity contribution >= 4 is 16.5 Å². The van der Waals surface area contributed by atoms with Crippen LogP contribution in [0.3, 0.4) is 0 Å². The number of nitrogens with two attached hydrogens (primary N) is 1. The summed E-state index contributed by atoms with van der Waals surface area (Å²) in [6, 6.07) is 6.30. The topological polar surface area (TPSA) is 46.2 Å². The third-order valence-electron chi connectivity index (χ3n) is 4.02. The van der Waals surface area contributed by atoms with Gasteiger partial charge in [0, 0.05) is 5.39 Å². The van der Waals surface area contributed by atoms with Crippen LogP contribution >= 0.6 is 0 Å². The standard InChI is InChI=1S/C19H25NO/c1-11(2)6-9-15-13(5)7-8-14-10-16(12(3)4)19(21)18(20)17(14)15/h6-8,10,12,21H,9,20H2,1-5H3. The summed E-state index contributed by atoms with van der Waals surface area (Å²) in [5.41, 5.74) is 11.4. The van der Waals surface area contributed by atoms with E-state index in [0.29, 0.717) is 5.69 Å². The van der Waals surface area contributed by atoms with Gasteiger partial charge in [0.1, 0.15) is 5.75 Å². The summed E-state index contributed by atoms with van der Waals surface area (Å²) in [5, 5.41) is 12.5. The van der Waals surface area contributed by atoms with Gasteiger partial charge in [0.2, 0.25) is 0 Å². The molecule has 112 valence electrons. The molecular formula is C19H25NO. The zero-order chi connectivity index (χ0) is 15.7. The first-order chi connectivity index (χ1) is 9.82. The van der Waals surface area contributed by atoms with E-state index in [0.717, 1.165) is 22.8 Å². The molecule has 0 atom stereocenters. The molecule has 0 aliphatic carbocycles. The highest BCUT2D eigenvalue weighted by Crippen LogP contribution is 2.39. The van der Waals surface area contributed by atoms with E-state index in [9.17, 15) is 5.11 Å². The number of anilines is 1. The van der Waals surface area contributed by atoms with Gasteiger partial charge < -0.3 is 10.8 Å². The van der Waals surface area contributed by atoms with Gasteiger partial charge in [0.25, 0.3) is 0 Å². The minimum Gasteiger partial charge on any atom is -0.505 e. The molecule has 0 spiro atoms. The number of hydrogen-bond acceptors (Lipinski definition) is 2. The smallest absolute Gasteiger partial charge is 0.142 e. The van der Waals surface area contributed by atoms with Crippen LogP contribution in [0.25, 0.3) is 10.8 Å². The van der Waals surface area contributed by atoms with Crippen LogP contribution in [-0.2, 0) is 6.42 Å². The Balaban J connectivity index is 2.77. The van der Waals surface area contributed by atoms with Gasteiger partial charge in [0.15, 0.2) is 0 Å². The highest BCUT2D eigenvalue weighted by atomic mass is 16.3. The predicted octanol–water partition coefficient (Wildman–Crippen LogP) is 5.07. The molecule has 0 bridgehead atoms. The van der Waals surface area contributed by atoms with E-state index >= 15 is 0 Å². The molecule has 0 heterocycles. The average Bonchev–Trinajstić information content (AvgIpc) is 2.41. The first-order valence-electron chi connectivity index (χ1n) is 7.49. The number of benzene rings is 2. The molecule has 2 heteroatoms. The Morgan fingerprint density at radius 1 is 1.29 bits per heavy atom. The fourth-order valence-corrected chi connectivity index (χ4v) is 2.73. The Labute approximate surface area is 127 Å². The first kappa shape index (κ1) is 15.4. The molecule has 0 fully saturated rings. The molecule has 0 amide bonds. The van der Waals surface area contributed by atoms with Crippen molar-refractivity contribution in [3.63, 3.8) is 0 Å². The monoisotopic (exact) mass is 283 g/mol. The van der Waals surface area contributed by atoms with Crippen molar-refractivity contribution in [1.82, 2.24) is 0 Å². The van der Waals surface area contributed by atoms with Gasteiger partial charge >= 0.3 is 0 Å². The highest BCUT2D eigenvalue weighted by Gasteiger charge is 2.16. The van der Waals surface area contributed by atoms with Crippen LogP contribution in [0.4, 0.5) is 5.69 Å². The number of fused-ring (bicyclic) bond motifs is 1. The predicted molar refractivity (Wildman–Crippen MR) is 92.0 cm³/mol. The molecule has 0 radical (unpaired) electrons. The molecule has 2 rings (SSSR count). The number of rotatable bonds is 3. The van der Waals surface area contributed by atoms with E-state index in [1.807, 2.05) is 0 Å².